The zero-order valence-electron chi connectivity index (χ0n) is 16.0. The number of carbonyl (C=O) groups is 1. The fourth-order valence-corrected chi connectivity index (χ4v) is 2.62. The van der Waals surface area contributed by atoms with Crippen LogP contribution in [0.2, 0.25) is 0 Å². The highest BCUT2D eigenvalue weighted by Gasteiger charge is 2.08. The lowest BCUT2D eigenvalue weighted by molar-refractivity contribution is -0.118. The predicted molar refractivity (Wildman–Crippen MR) is 108 cm³/mol. The molecule has 0 aliphatic carbocycles. The molecule has 0 aliphatic rings. The third kappa shape index (κ3) is 4.97. The number of nitrogens with zero attached hydrogens (tertiary/aromatic N) is 2. The third-order valence-corrected chi connectivity index (χ3v) is 4.00. The Bertz CT molecular complexity index is 958. The zero-order valence-corrected chi connectivity index (χ0v) is 16.0. The molecule has 0 atom stereocenters. The molecule has 3 rings (SSSR count). The van der Waals surface area contributed by atoms with Crippen LogP contribution in [0.5, 0.6) is 11.5 Å². The number of para-hydroxylation sites is 2. The molecule has 0 fully saturated rings. The molecule has 0 aliphatic heterocycles. The highest BCUT2D eigenvalue weighted by atomic mass is 16.5. The zero-order chi connectivity index (χ0) is 19.9. The number of carbonyl (C=O) groups excluding carboxylic acids is 1. The van der Waals surface area contributed by atoms with Gasteiger partial charge in [-0.25, -0.2) is 0 Å². The smallest absolute Gasteiger partial charge is 0.263 e. The fourth-order valence-electron chi connectivity index (χ4n) is 2.62. The van der Waals surface area contributed by atoms with E-state index in [0.717, 1.165) is 11.3 Å². The van der Waals surface area contributed by atoms with Crippen LogP contribution in [-0.2, 0) is 4.79 Å². The molecule has 0 spiro atoms. The van der Waals surface area contributed by atoms with Crippen LogP contribution < -0.4 is 20.1 Å². The van der Waals surface area contributed by atoms with Crippen molar-refractivity contribution in [2.75, 3.05) is 24.4 Å². The minimum Gasteiger partial charge on any atom is -0.493 e. The number of anilines is 3. The van der Waals surface area contributed by atoms with Gasteiger partial charge in [-0.05, 0) is 49.7 Å². The Morgan fingerprint density at radius 3 is 2.36 bits per heavy atom. The summed E-state index contributed by atoms with van der Waals surface area (Å²) >= 11 is 0. The monoisotopic (exact) mass is 378 g/mol. The summed E-state index contributed by atoms with van der Waals surface area (Å²) in [6.45, 7) is 3.91. The van der Waals surface area contributed by atoms with E-state index in [0.29, 0.717) is 23.1 Å². The normalized spacial score (nSPS) is 10.2. The molecule has 0 unspecified atom stereocenters. The van der Waals surface area contributed by atoms with E-state index in [4.69, 9.17) is 9.47 Å². The lowest BCUT2D eigenvalue weighted by atomic mass is 10.1. The molecular weight excluding hydrogens is 356 g/mol. The van der Waals surface area contributed by atoms with Crippen molar-refractivity contribution in [3.63, 3.8) is 0 Å². The summed E-state index contributed by atoms with van der Waals surface area (Å²) in [7, 11) is 1.55. The number of nitrogens with one attached hydrogen (secondary N) is 2. The molecule has 2 aromatic carbocycles. The van der Waals surface area contributed by atoms with Gasteiger partial charge in [0, 0.05) is 5.69 Å². The summed E-state index contributed by atoms with van der Waals surface area (Å²) in [5.41, 5.74) is 3.28. The minimum absolute atomic E-state index is 0.162. The fraction of sp³-hybridized carbons (Fsp3) is 0.190. The Morgan fingerprint density at radius 1 is 0.964 bits per heavy atom. The van der Waals surface area contributed by atoms with Crippen LogP contribution in [0.4, 0.5) is 17.3 Å². The number of aryl methyl sites for hydroxylation is 2. The van der Waals surface area contributed by atoms with Crippen LogP contribution in [0.1, 0.15) is 11.1 Å². The summed E-state index contributed by atoms with van der Waals surface area (Å²) in [5, 5.41) is 14.0. The quantitative estimate of drug-likeness (QED) is 0.649. The number of hydrogen-bond acceptors (Lipinski definition) is 6. The van der Waals surface area contributed by atoms with Crippen molar-refractivity contribution >= 4 is 23.2 Å². The van der Waals surface area contributed by atoms with E-state index < -0.39 is 0 Å². The molecule has 0 saturated carbocycles. The van der Waals surface area contributed by atoms with Crippen molar-refractivity contribution in [3.8, 4) is 11.5 Å². The highest BCUT2D eigenvalue weighted by Crippen LogP contribution is 2.25. The first kappa shape index (κ1) is 19.2. The first-order valence-electron chi connectivity index (χ1n) is 8.79. The van der Waals surface area contributed by atoms with Crippen LogP contribution >= 0.6 is 0 Å². The van der Waals surface area contributed by atoms with E-state index >= 15 is 0 Å². The van der Waals surface area contributed by atoms with E-state index in [9.17, 15) is 4.79 Å². The molecule has 3 aromatic rings. The molecule has 1 aromatic heterocycles. The number of ether oxygens (including phenoxy) is 2. The second-order valence-corrected chi connectivity index (χ2v) is 6.23. The Kier molecular flexibility index (Phi) is 6.06. The summed E-state index contributed by atoms with van der Waals surface area (Å²) in [6.07, 6.45) is 0. The topological polar surface area (TPSA) is 85.4 Å². The average Bonchev–Trinajstić information content (AvgIpc) is 2.70. The van der Waals surface area contributed by atoms with Gasteiger partial charge < -0.3 is 20.1 Å². The van der Waals surface area contributed by atoms with Crippen LogP contribution in [0.25, 0.3) is 0 Å². The Morgan fingerprint density at radius 2 is 1.68 bits per heavy atom. The van der Waals surface area contributed by atoms with Gasteiger partial charge in [-0.1, -0.05) is 29.8 Å². The summed E-state index contributed by atoms with van der Waals surface area (Å²) in [5.74, 6) is 1.67. The maximum atomic E-state index is 12.1. The number of amides is 1. The Labute approximate surface area is 163 Å². The van der Waals surface area contributed by atoms with Crippen LogP contribution in [0.15, 0.2) is 54.6 Å². The molecule has 0 saturated heterocycles. The summed E-state index contributed by atoms with van der Waals surface area (Å²) in [6, 6.07) is 16.7. The van der Waals surface area contributed by atoms with Crippen LogP contribution in [0, 0.1) is 13.8 Å². The van der Waals surface area contributed by atoms with Gasteiger partial charge in [-0.15, -0.1) is 10.2 Å². The lowest BCUT2D eigenvalue weighted by Crippen LogP contribution is -2.21. The molecular formula is C21H22N4O3. The Hall–Kier alpha value is -3.61. The van der Waals surface area contributed by atoms with Crippen molar-refractivity contribution in [1.82, 2.24) is 10.2 Å². The van der Waals surface area contributed by atoms with E-state index in [-0.39, 0.29) is 12.5 Å². The van der Waals surface area contributed by atoms with Gasteiger partial charge in [0.1, 0.15) is 0 Å². The molecule has 144 valence electrons. The second-order valence-electron chi connectivity index (χ2n) is 6.23. The molecule has 1 amide bonds. The summed E-state index contributed by atoms with van der Waals surface area (Å²) < 4.78 is 10.7. The molecule has 1 heterocycles. The van der Waals surface area contributed by atoms with Gasteiger partial charge in [0.05, 0.1) is 7.11 Å². The van der Waals surface area contributed by atoms with E-state index in [1.165, 1.54) is 5.56 Å². The standard InChI is InChI=1S/C21H22N4O3/c1-14-8-9-16(15(2)12-14)22-19-10-11-20(25-24-19)23-21(26)13-28-18-7-5-4-6-17(18)27-3/h4-12H,13H2,1-3H3,(H,22,24)(H,23,25,26). The average molecular weight is 378 g/mol. The SMILES string of the molecule is COc1ccccc1OCC(=O)Nc1ccc(Nc2ccc(C)cc2C)nn1. The molecule has 7 nitrogen and oxygen atoms in total. The van der Waals surface area contributed by atoms with E-state index in [1.807, 2.05) is 38.1 Å². The number of benzene rings is 2. The lowest BCUT2D eigenvalue weighted by Gasteiger charge is -2.11. The second kappa shape index (κ2) is 8.85. The van der Waals surface area contributed by atoms with Crippen molar-refractivity contribution in [3.05, 3.63) is 65.7 Å². The maximum absolute atomic E-state index is 12.1. The Balaban J connectivity index is 1.55. The van der Waals surface area contributed by atoms with E-state index in [2.05, 4.69) is 26.9 Å². The van der Waals surface area contributed by atoms with Gasteiger partial charge in [0.2, 0.25) is 0 Å². The van der Waals surface area contributed by atoms with Crippen LogP contribution in [0.3, 0.4) is 0 Å². The molecule has 0 radical (unpaired) electrons. The number of aromatic nitrogens is 2. The van der Waals surface area contributed by atoms with Crippen LogP contribution in [-0.4, -0.2) is 29.8 Å². The minimum atomic E-state index is -0.338. The summed E-state index contributed by atoms with van der Waals surface area (Å²) in [4.78, 5) is 12.1. The molecule has 7 heteroatoms. The maximum Gasteiger partial charge on any atom is 0.263 e. The number of methoxy groups -OCH3 is 1. The van der Waals surface area contributed by atoms with Crippen molar-refractivity contribution in [2.24, 2.45) is 0 Å². The van der Waals surface area contributed by atoms with E-state index in [1.54, 1.807) is 31.4 Å². The number of rotatable bonds is 7. The number of hydrogen-bond donors (Lipinski definition) is 2. The van der Waals surface area contributed by atoms with Gasteiger partial charge >= 0.3 is 0 Å². The van der Waals surface area contributed by atoms with Crippen molar-refractivity contribution < 1.29 is 14.3 Å². The van der Waals surface area contributed by atoms with Crippen molar-refractivity contribution in [1.29, 1.82) is 0 Å². The largest absolute Gasteiger partial charge is 0.493 e. The van der Waals surface area contributed by atoms with Gasteiger partial charge in [0.15, 0.2) is 29.7 Å². The van der Waals surface area contributed by atoms with Gasteiger partial charge in [-0.3, -0.25) is 4.79 Å². The molecule has 28 heavy (non-hydrogen) atoms. The molecule has 0 bridgehead atoms. The highest BCUT2D eigenvalue weighted by molar-refractivity contribution is 5.91. The first-order valence-corrected chi connectivity index (χ1v) is 8.79. The molecule has 2 N–H and O–H groups in total. The predicted octanol–water partition coefficient (Wildman–Crippen LogP) is 3.86. The van der Waals surface area contributed by atoms with Gasteiger partial charge in [0.25, 0.3) is 5.91 Å². The first-order chi connectivity index (χ1) is 13.5. The van der Waals surface area contributed by atoms with Crippen molar-refractivity contribution in [2.45, 2.75) is 13.8 Å². The van der Waals surface area contributed by atoms with Gasteiger partial charge in [-0.2, -0.15) is 0 Å². The third-order valence-electron chi connectivity index (χ3n) is 4.00.